The molecule has 0 radical (unpaired) electrons. The van der Waals surface area contributed by atoms with Crippen molar-refractivity contribution in [3.05, 3.63) is 0 Å². The first-order chi connectivity index (χ1) is 7.05. The monoisotopic (exact) mass is 236 g/mol. The summed E-state index contributed by atoms with van der Waals surface area (Å²) in [5.41, 5.74) is 0. The van der Waals surface area contributed by atoms with E-state index in [4.69, 9.17) is 4.74 Å². The van der Waals surface area contributed by atoms with Gasteiger partial charge in [0.2, 0.25) is 10.0 Å². The van der Waals surface area contributed by atoms with Gasteiger partial charge in [0.05, 0.1) is 12.4 Å². The smallest absolute Gasteiger partial charge is 0.214 e. The van der Waals surface area contributed by atoms with E-state index in [2.05, 4.69) is 10.0 Å². The van der Waals surface area contributed by atoms with Gasteiger partial charge in [-0.3, -0.25) is 0 Å². The first-order valence-electron chi connectivity index (χ1n) is 5.27. The summed E-state index contributed by atoms with van der Waals surface area (Å²) in [5.74, 6) is 0.0344. The van der Waals surface area contributed by atoms with Crippen LogP contribution in [0, 0.1) is 0 Å². The summed E-state index contributed by atoms with van der Waals surface area (Å²) in [5, 5.41) is 3.25. The van der Waals surface area contributed by atoms with Crippen LogP contribution in [0.15, 0.2) is 0 Å². The van der Waals surface area contributed by atoms with E-state index in [0.717, 1.165) is 19.4 Å². The Hall–Kier alpha value is -0.170. The van der Waals surface area contributed by atoms with Crippen molar-refractivity contribution >= 4 is 10.0 Å². The Morgan fingerprint density at radius 1 is 1.53 bits per heavy atom. The lowest BCUT2D eigenvalue weighted by molar-refractivity contribution is 0.216. The molecule has 1 rings (SSSR count). The van der Waals surface area contributed by atoms with Gasteiger partial charge in [-0.2, -0.15) is 0 Å². The predicted molar refractivity (Wildman–Crippen MR) is 59.3 cm³/mol. The lowest BCUT2D eigenvalue weighted by Crippen LogP contribution is -2.52. The van der Waals surface area contributed by atoms with Crippen LogP contribution in [-0.4, -0.2) is 46.5 Å². The molecule has 0 saturated carbocycles. The number of hydrogen-bond donors (Lipinski definition) is 2. The molecule has 0 spiro atoms. The van der Waals surface area contributed by atoms with Crippen LogP contribution in [0.4, 0.5) is 0 Å². The zero-order valence-electron chi connectivity index (χ0n) is 9.32. The van der Waals surface area contributed by atoms with Gasteiger partial charge in [-0.25, -0.2) is 13.1 Å². The predicted octanol–water partition coefficient (Wildman–Crippen LogP) is -0.307. The average Bonchev–Trinajstić information content (AvgIpc) is 2.18. The van der Waals surface area contributed by atoms with Gasteiger partial charge in [0, 0.05) is 19.2 Å². The van der Waals surface area contributed by atoms with Gasteiger partial charge in [0.25, 0.3) is 0 Å². The number of methoxy groups -OCH3 is 1. The molecule has 2 atom stereocenters. The highest BCUT2D eigenvalue weighted by molar-refractivity contribution is 7.89. The Balaban J connectivity index is 2.44. The number of ether oxygens (including phenoxy) is 1. The minimum atomic E-state index is -3.19. The van der Waals surface area contributed by atoms with Crippen LogP contribution >= 0.6 is 0 Å². The Labute approximate surface area is 91.6 Å². The van der Waals surface area contributed by atoms with Crippen molar-refractivity contribution in [1.82, 2.24) is 10.0 Å². The summed E-state index contributed by atoms with van der Waals surface area (Å²) in [6.07, 6.45) is 1.92. The first-order valence-corrected chi connectivity index (χ1v) is 6.93. The van der Waals surface area contributed by atoms with Crippen molar-refractivity contribution < 1.29 is 13.2 Å². The summed E-state index contributed by atoms with van der Waals surface area (Å²) in [7, 11) is -1.69. The van der Waals surface area contributed by atoms with Crippen LogP contribution in [0.1, 0.15) is 19.8 Å². The molecule has 0 amide bonds. The lowest BCUT2D eigenvalue weighted by Gasteiger charge is -2.30. The van der Waals surface area contributed by atoms with Crippen molar-refractivity contribution in [1.29, 1.82) is 0 Å². The van der Waals surface area contributed by atoms with Crippen molar-refractivity contribution in [2.45, 2.75) is 31.8 Å². The topological polar surface area (TPSA) is 67.4 Å². The number of sulfonamides is 1. The van der Waals surface area contributed by atoms with Crippen LogP contribution in [0.2, 0.25) is 0 Å². The molecule has 2 unspecified atom stereocenters. The highest BCUT2D eigenvalue weighted by atomic mass is 32.2. The van der Waals surface area contributed by atoms with Gasteiger partial charge < -0.3 is 10.1 Å². The molecule has 0 aromatic heterocycles. The number of nitrogens with one attached hydrogen (secondary N) is 2. The third-order valence-electron chi connectivity index (χ3n) is 2.65. The van der Waals surface area contributed by atoms with Crippen molar-refractivity contribution in [3.63, 3.8) is 0 Å². The van der Waals surface area contributed by atoms with E-state index in [9.17, 15) is 8.42 Å². The van der Waals surface area contributed by atoms with E-state index >= 15 is 0 Å². The highest BCUT2D eigenvalue weighted by Gasteiger charge is 2.24. The standard InChI is InChI=1S/C9H20N2O3S/c1-8-9(4-3-5-10-8)11-15(12,13)7-6-14-2/h8-11H,3-7H2,1-2H3. The maximum absolute atomic E-state index is 11.6. The second-order valence-electron chi connectivity index (χ2n) is 3.92. The molecule has 15 heavy (non-hydrogen) atoms. The third kappa shape index (κ3) is 4.46. The summed E-state index contributed by atoms with van der Waals surface area (Å²) in [4.78, 5) is 0. The van der Waals surface area contributed by atoms with Crippen LogP contribution in [0.3, 0.4) is 0 Å². The van der Waals surface area contributed by atoms with E-state index in [1.807, 2.05) is 6.92 Å². The normalized spacial score (nSPS) is 27.9. The van der Waals surface area contributed by atoms with Crippen molar-refractivity contribution in [2.75, 3.05) is 26.0 Å². The fraction of sp³-hybridized carbons (Fsp3) is 1.00. The minimum Gasteiger partial charge on any atom is -0.384 e. The summed E-state index contributed by atoms with van der Waals surface area (Å²) in [6.45, 7) is 3.21. The summed E-state index contributed by atoms with van der Waals surface area (Å²) >= 11 is 0. The Bertz CT molecular complexity index is 279. The number of piperidine rings is 1. The van der Waals surface area contributed by atoms with Crippen LogP contribution < -0.4 is 10.0 Å². The van der Waals surface area contributed by atoms with E-state index < -0.39 is 10.0 Å². The minimum absolute atomic E-state index is 0.0145. The molecule has 0 bridgehead atoms. The second kappa shape index (κ2) is 5.79. The quantitative estimate of drug-likeness (QED) is 0.687. The Morgan fingerprint density at radius 3 is 2.87 bits per heavy atom. The molecular weight excluding hydrogens is 216 g/mol. The largest absolute Gasteiger partial charge is 0.384 e. The summed E-state index contributed by atoms with van der Waals surface area (Å²) in [6, 6.07) is 0.219. The molecular formula is C9H20N2O3S. The maximum atomic E-state index is 11.6. The lowest BCUT2D eigenvalue weighted by atomic mass is 10.0. The van der Waals surface area contributed by atoms with Crippen molar-refractivity contribution in [2.24, 2.45) is 0 Å². The fourth-order valence-corrected chi connectivity index (χ4v) is 2.97. The molecule has 1 heterocycles. The van der Waals surface area contributed by atoms with E-state index in [1.165, 1.54) is 7.11 Å². The molecule has 0 aliphatic carbocycles. The Kier molecular flexibility index (Phi) is 4.98. The van der Waals surface area contributed by atoms with E-state index in [1.54, 1.807) is 0 Å². The van der Waals surface area contributed by atoms with Gasteiger partial charge in [-0.15, -0.1) is 0 Å². The molecule has 0 aromatic carbocycles. The van der Waals surface area contributed by atoms with Gasteiger partial charge >= 0.3 is 0 Å². The second-order valence-corrected chi connectivity index (χ2v) is 5.79. The molecule has 0 aromatic rings. The zero-order valence-corrected chi connectivity index (χ0v) is 10.1. The van der Waals surface area contributed by atoms with E-state index in [0.29, 0.717) is 0 Å². The average molecular weight is 236 g/mol. The van der Waals surface area contributed by atoms with Crippen LogP contribution in [-0.2, 0) is 14.8 Å². The molecule has 6 heteroatoms. The molecule has 1 aliphatic rings. The first kappa shape index (κ1) is 12.9. The Morgan fingerprint density at radius 2 is 2.27 bits per heavy atom. The highest BCUT2D eigenvalue weighted by Crippen LogP contribution is 2.09. The number of rotatable bonds is 5. The van der Waals surface area contributed by atoms with Crippen LogP contribution in [0.25, 0.3) is 0 Å². The van der Waals surface area contributed by atoms with Gasteiger partial charge in [-0.05, 0) is 26.3 Å². The van der Waals surface area contributed by atoms with Crippen molar-refractivity contribution in [3.8, 4) is 0 Å². The van der Waals surface area contributed by atoms with Crippen LogP contribution in [0.5, 0.6) is 0 Å². The van der Waals surface area contributed by atoms with Gasteiger partial charge in [0.15, 0.2) is 0 Å². The molecule has 1 aliphatic heterocycles. The third-order valence-corrected chi connectivity index (χ3v) is 4.01. The molecule has 2 N–H and O–H groups in total. The molecule has 90 valence electrons. The maximum Gasteiger partial charge on any atom is 0.214 e. The SMILES string of the molecule is COCCS(=O)(=O)NC1CCCNC1C. The molecule has 1 fully saturated rings. The fourth-order valence-electron chi connectivity index (χ4n) is 1.69. The molecule has 1 saturated heterocycles. The van der Waals surface area contributed by atoms with Gasteiger partial charge in [-0.1, -0.05) is 0 Å². The molecule has 5 nitrogen and oxygen atoms in total. The zero-order chi connectivity index (χ0) is 11.3. The summed E-state index contributed by atoms with van der Waals surface area (Å²) < 4.78 is 30.6. The van der Waals surface area contributed by atoms with E-state index in [-0.39, 0.29) is 24.4 Å². The number of hydrogen-bond acceptors (Lipinski definition) is 4. The van der Waals surface area contributed by atoms with Gasteiger partial charge in [0.1, 0.15) is 0 Å².